The van der Waals surface area contributed by atoms with Gasteiger partial charge in [-0.25, -0.2) is 0 Å². The van der Waals surface area contributed by atoms with Crippen LogP contribution in [0, 0.1) is 28.6 Å². The summed E-state index contributed by atoms with van der Waals surface area (Å²) >= 11 is 0. The number of ether oxygens (including phenoxy) is 1. The first kappa shape index (κ1) is 14.0. The SMILES string of the molecule is C[C@]12CC[C@H]3[C@@H](C[C@@H]4O[C@]45C[C@@H](O)CC[C@]35C)[C@@H]1CCC2=O. The second-order valence-electron chi connectivity index (χ2n) is 9.34. The molecule has 0 radical (unpaired) electrons. The van der Waals surface area contributed by atoms with Crippen LogP contribution in [0.2, 0.25) is 0 Å². The number of fused-ring (bicyclic) bond motifs is 4. The van der Waals surface area contributed by atoms with Crippen LogP contribution >= 0.6 is 0 Å². The highest BCUT2D eigenvalue weighted by molar-refractivity contribution is 5.87. The van der Waals surface area contributed by atoms with Gasteiger partial charge in [-0.05, 0) is 56.3 Å². The van der Waals surface area contributed by atoms with E-state index in [0.717, 1.165) is 44.9 Å². The molecule has 4 aliphatic carbocycles. The highest BCUT2D eigenvalue weighted by atomic mass is 16.6. The molecule has 1 heterocycles. The van der Waals surface area contributed by atoms with Crippen molar-refractivity contribution in [1.82, 2.24) is 0 Å². The highest BCUT2D eigenvalue weighted by Gasteiger charge is 2.76. The molecule has 0 aromatic heterocycles. The van der Waals surface area contributed by atoms with E-state index in [0.29, 0.717) is 29.6 Å². The second-order valence-corrected chi connectivity index (χ2v) is 9.34. The van der Waals surface area contributed by atoms with Crippen molar-refractivity contribution in [2.24, 2.45) is 28.6 Å². The normalized spacial score (nSPS) is 62.7. The Morgan fingerprint density at radius 3 is 2.77 bits per heavy atom. The summed E-state index contributed by atoms with van der Waals surface area (Å²) < 4.78 is 6.30. The first-order valence-electron chi connectivity index (χ1n) is 9.30. The third kappa shape index (κ3) is 1.40. The van der Waals surface area contributed by atoms with Gasteiger partial charge in [0.25, 0.3) is 0 Å². The molecule has 5 fully saturated rings. The standard InChI is InChI=1S/C19H28O3/c1-17-7-6-14-12(13(17)3-4-15(17)21)9-16-19(22-16)10-11(20)5-8-18(14,19)2/h11-14,16,20H,3-10H2,1-2H3/t11-,12-,13-,14-,16-,17-,18+,19+/m0/s1. The molecule has 4 saturated carbocycles. The number of aliphatic hydroxyl groups excluding tert-OH is 1. The molecule has 122 valence electrons. The van der Waals surface area contributed by atoms with Gasteiger partial charge in [0.15, 0.2) is 0 Å². The van der Waals surface area contributed by atoms with Crippen LogP contribution < -0.4 is 0 Å². The van der Waals surface area contributed by atoms with Crippen LogP contribution in [0.15, 0.2) is 0 Å². The minimum atomic E-state index is -0.170. The van der Waals surface area contributed by atoms with Crippen molar-refractivity contribution in [3.8, 4) is 0 Å². The summed E-state index contributed by atoms with van der Waals surface area (Å²) in [5.74, 6) is 2.48. The lowest BCUT2D eigenvalue weighted by atomic mass is 9.45. The zero-order valence-electron chi connectivity index (χ0n) is 13.8. The van der Waals surface area contributed by atoms with Gasteiger partial charge in [-0.2, -0.15) is 0 Å². The molecule has 0 amide bonds. The van der Waals surface area contributed by atoms with Crippen molar-refractivity contribution >= 4 is 5.78 Å². The predicted molar refractivity (Wildman–Crippen MR) is 82.2 cm³/mol. The largest absolute Gasteiger partial charge is 0.393 e. The van der Waals surface area contributed by atoms with Crippen LogP contribution in [0.4, 0.5) is 0 Å². The summed E-state index contributed by atoms with van der Waals surface area (Å²) in [6.45, 7) is 4.68. The smallest absolute Gasteiger partial charge is 0.139 e. The Labute approximate surface area is 132 Å². The summed E-state index contributed by atoms with van der Waals surface area (Å²) in [6.07, 6.45) is 8.37. The van der Waals surface area contributed by atoms with Crippen LogP contribution in [0.5, 0.6) is 0 Å². The second kappa shape index (κ2) is 3.97. The molecule has 1 aliphatic heterocycles. The monoisotopic (exact) mass is 304 g/mol. The summed E-state index contributed by atoms with van der Waals surface area (Å²) in [7, 11) is 0. The highest BCUT2D eigenvalue weighted by Crippen LogP contribution is 2.72. The first-order chi connectivity index (χ1) is 10.4. The van der Waals surface area contributed by atoms with Gasteiger partial charge in [-0.15, -0.1) is 0 Å². The molecule has 0 bridgehead atoms. The number of hydrogen-bond donors (Lipinski definition) is 1. The van der Waals surface area contributed by atoms with Gasteiger partial charge >= 0.3 is 0 Å². The molecule has 5 aliphatic rings. The summed E-state index contributed by atoms with van der Waals surface area (Å²) in [5, 5.41) is 10.2. The average Bonchev–Trinajstić information content (AvgIpc) is 3.08. The van der Waals surface area contributed by atoms with E-state index in [1.807, 2.05) is 0 Å². The van der Waals surface area contributed by atoms with Gasteiger partial charge in [0.2, 0.25) is 0 Å². The molecule has 22 heavy (non-hydrogen) atoms. The zero-order chi connectivity index (χ0) is 15.3. The molecule has 1 N–H and O–H groups in total. The Kier molecular flexibility index (Phi) is 2.52. The average molecular weight is 304 g/mol. The van der Waals surface area contributed by atoms with Crippen molar-refractivity contribution in [3.05, 3.63) is 0 Å². The number of carbonyl (C=O) groups is 1. The van der Waals surface area contributed by atoms with Crippen LogP contribution in [-0.4, -0.2) is 28.7 Å². The number of epoxide rings is 1. The van der Waals surface area contributed by atoms with Gasteiger partial charge in [0, 0.05) is 23.7 Å². The fraction of sp³-hybridized carbons (Fsp3) is 0.947. The maximum absolute atomic E-state index is 12.4. The van der Waals surface area contributed by atoms with Gasteiger partial charge in [0.1, 0.15) is 11.4 Å². The minimum Gasteiger partial charge on any atom is -0.393 e. The third-order valence-corrected chi connectivity index (χ3v) is 8.77. The topological polar surface area (TPSA) is 49.8 Å². The van der Waals surface area contributed by atoms with E-state index in [-0.39, 0.29) is 22.5 Å². The van der Waals surface area contributed by atoms with Crippen LogP contribution in [0.1, 0.15) is 65.2 Å². The lowest BCUT2D eigenvalue weighted by molar-refractivity contribution is -0.138. The Bertz CT molecular complexity index is 545. The number of hydrogen-bond acceptors (Lipinski definition) is 3. The fourth-order valence-corrected chi connectivity index (χ4v) is 7.43. The lowest BCUT2D eigenvalue weighted by Crippen LogP contribution is -2.58. The molecule has 5 rings (SSSR count). The fourth-order valence-electron chi connectivity index (χ4n) is 7.43. The summed E-state index contributed by atoms with van der Waals surface area (Å²) in [4.78, 5) is 12.4. The van der Waals surface area contributed by atoms with E-state index >= 15 is 0 Å². The maximum Gasteiger partial charge on any atom is 0.139 e. The van der Waals surface area contributed by atoms with E-state index in [1.54, 1.807) is 0 Å². The quantitative estimate of drug-likeness (QED) is 0.700. The molecule has 8 atom stereocenters. The Morgan fingerprint density at radius 2 is 1.95 bits per heavy atom. The number of ketones is 1. The minimum absolute atomic E-state index is 0.0256. The zero-order valence-corrected chi connectivity index (χ0v) is 13.8. The van der Waals surface area contributed by atoms with E-state index in [2.05, 4.69) is 13.8 Å². The summed E-state index contributed by atoms with van der Waals surface area (Å²) in [6, 6.07) is 0. The van der Waals surface area contributed by atoms with E-state index in [9.17, 15) is 9.90 Å². The molecular weight excluding hydrogens is 276 g/mol. The van der Waals surface area contributed by atoms with Crippen molar-refractivity contribution in [3.63, 3.8) is 0 Å². The van der Waals surface area contributed by atoms with E-state index < -0.39 is 0 Å². The van der Waals surface area contributed by atoms with Crippen molar-refractivity contribution < 1.29 is 14.6 Å². The van der Waals surface area contributed by atoms with Gasteiger partial charge < -0.3 is 9.84 Å². The first-order valence-corrected chi connectivity index (χ1v) is 9.30. The van der Waals surface area contributed by atoms with Gasteiger partial charge in [-0.1, -0.05) is 13.8 Å². The van der Waals surface area contributed by atoms with Gasteiger partial charge in [0.05, 0.1) is 12.2 Å². The molecule has 0 aromatic rings. The van der Waals surface area contributed by atoms with Crippen molar-refractivity contribution in [2.75, 3.05) is 0 Å². The lowest BCUT2D eigenvalue weighted by Gasteiger charge is -2.58. The van der Waals surface area contributed by atoms with Crippen molar-refractivity contribution in [2.45, 2.75) is 83.0 Å². The number of rotatable bonds is 0. The van der Waals surface area contributed by atoms with Crippen LogP contribution in [0.3, 0.4) is 0 Å². The summed E-state index contributed by atoms with van der Waals surface area (Å²) in [5.41, 5.74) is 0.162. The number of carbonyl (C=O) groups excluding carboxylic acids is 1. The molecule has 1 saturated heterocycles. The number of aliphatic hydroxyl groups is 1. The molecule has 3 nitrogen and oxygen atoms in total. The van der Waals surface area contributed by atoms with E-state index in [4.69, 9.17) is 4.74 Å². The number of Topliss-reactive ketones (excluding diaryl/α,β-unsaturated/α-hetero) is 1. The maximum atomic E-state index is 12.4. The molecule has 0 aromatic carbocycles. The Morgan fingerprint density at radius 1 is 1.14 bits per heavy atom. The molecule has 3 heteroatoms. The van der Waals surface area contributed by atoms with Crippen LogP contribution in [0.25, 0.3) is 0 Å². The third-order valence-electron chi connectivity index (χ3n) is 8.77. The van der Waals surface area contributed by atoms with Gasteiger partial charge in [-0.3, -0.25) is 4.79 Å². The van der Waals surface area contributed by atoms with Crippen LogP contribution in [-0.2, 0) is 9.53 Å². The predicted octanol–water partition coefficient (Wildman–Crippen LogP) is 3.09. The Balaban J connectivity index is 1.53. The Hall–Kier alpha value is -0.410. The molecule has 0 unspecified atom stereocenters. The molecule has 1 spiro atoms. The van der Waals surface area contributed by atoms with Crippen molar-refractivity contribution in [1.29, 1.82) is 0 Å². The van der Waals surface area contributed by atoms with E-state index in [1.165, 1.54) is 6.42 Å². The molecular formula is C19H28O3.